The van der Waals surface area contributed by atoms with Crippen molar-refractivity contribution in [3.05, 3.63) is 0 Å². The molecule has 0 aromatic carbocycles. The highest BCUT2D eigenvalue weighted by Crippen LogP contribution is 2.23. The van der Waals surface area contributed by atoms with Gasteiger partial charge in [-0.1, -0.05) is 25.9 Å². The highest BCUT2D eigenvalue weighted by Gasteiger charge is 2.32. The minimum absolute atomic E-state index is 0.0789. The van der Waals surface area contributed by atoms with E-state index in [9.17, 15) is 4.79 Å². The number of carbonyl (C=O) groups is 1. The number of rotatable bonds is 2. The molecule has 1 aliphatic rings. The Bertz CT molecular complexity index is 187. The van der Waals surface area contributed by atoms with Crippen molar-refractivity contribution < 1.29 is 9.63 Å². The third-order valence-corrected chi connectivity index (χ3v) is 2.02. The zero-order valence-electron chi connectivity index (χ0n) is 7.07. The zero-order chi connectivity index (χ0) is 8.43. The lowest BCUT2D eigenvalue weighted by Crippen LogP contribution is -2.25. The quantitative estimate of drug-likeness (QED) is 0.562. The average molecular weight is 155 g/mol. The molecule has 1 rings (SSSR count). The van der Waals surface area contributed by atoms with Gasteiger partial charge < -0.3 is 4.84 Å². The van der Waals surface area contributed by atoms with Crippen LogP contribution in [0.25, 0.3) is 0 Å². The molecule has 0 fully saturated rings. The lowest BCUT2D eigenvalue weighted by Gasteiger charge is -2.16. The Kier molecular flexibility index (Phi) is 2.27. The van der Waals surface area contributed by atoms with E-state index in [-0.39, 0.29) is 12.0 Å². The van der Waals surface area contributed by atoms with Crippen LogP contribution in [-0.2, 0) is 9.63 Å². The van der Waals surface area contributed by atoms with Crippen molar-refractivity contribution in [2.75, 3.05) is 0 Å². The van der Waals surface area contributed by atoms with Crippen LogP contribution in [0.4, 0.5) is 0 Å². The van der Waals surface area contributed by atoms with Crippen molar-refractivity contribution in [1.82, 2.24) is 0 Å². The molecule has 11 heavy (non-hydrogen) atoms. The second-order valence-corrected chi connectivity index (χ2v) is 3.24. The second kappa shape index (κ2) is 3.03. The predicted molar refractivity (Wildman–Crippen MR) is 42.4 cm³/mol. The van der Waals surface area contributed by atoms with Crippen molar-refractivity contribution >= 4 is 12.0 Å². The number of carbonyl (C=O) groups excluding carboxylic acids is 1. The molecule has 62 valence electrons. The van der Waals surface area contributed by atoms with Crippen LogP contribution < -0.4 is 0 Å². The number of aldehydes is 1. The fraction of sp³-hybridized carbons (Fsp3) is 0.750. The third-order valence-electron chi connectivity index (χ3n) is 2.02. The van der Waals surface area contributed by atoms with Crippen LogP contribution in [0.1, 0.15) is 20.8 Å². The number of nitrogens with zero attached hydrogens (tertiary/aromatic N) is 1. The molecule has 0 saturated carbocycles. The molecular formula is C8H13NO2. The van der Waals surface area contributed by atoms with Gasteiger partial charge in [-0.3, -0.25) is 4.79 Å². The van der Waals surface area contributed by atoms with E-state index in [1.807, 2.05) is 6.92 Å². The number of hydrogen-bond acceptors (Lipinski definition) is 3. The summed E-state index contributed by atoms with van der Waals surface area (Å²) in [4.78, 5) is 15.5. The van der Waals surface area contributed by atoms with Gasteiger partial charge in [0.05, 0.1) is 0 Å². The third kappa shape index (κ3) is 1.42. The SMILES string of the molecule is CC(C)[C@H]1ON=C(C=O)[C@@H]1C. The van der Waals surface area contributed by atoms with E-state index in [2.05, 4.69) is 19.0 Å². The normalized spacial score (nSPS) is 30.0. The van der Waals surface area contributed by atoms with Gasteiger partial charge in [0.2, 0.25) is 0 Å². The Hall–Kier alpha value is -0.860. The van der Waals surface area contributed by atoms with Crippen LogP contribution in [0, 0.1) is 11.8 Å². The Labute approximate surface area is 66.4 Å². The molecule has 0 N–H and O–H groups in total. The molecule has 0 aromatic rings. The maximum atomic E-state index is 10.4. The fourth-order valence-corrected chi connectivity index (χ4v) is 1.29. The molecule has 0 saturated heterocycles. The van der Waals surface area contributed by atoms with Gasteiger partial charge in [0.25, 0.3) is 0 Å². The van der Waals surface area contributed by atoms with Gasteiger partial charge in [-0.15, -0.1) is 0 Å². The van der Waals surface area contributed by atoms with Crippen molar-refractivity contribution in [2.24, 2.45) is 17.0 Å². The van der Waals surface area contributed by atoms with Crippen molar-refractivity contribution in [3.8, 4) is 0 Å². The molecule has 1 heterocycles. The molecular weight excluding hydrogens is 142 g/mol. The number of oxime groups is 1. The summed E-state index contributed by atoms with van der Waals surface area (Å²) in [5.41, 5.74) is 0.531. The largest absolute Gasteiger partial charge is 0.391 e. The molecule has 0 bridgehead atoms. The van der Waals surface area contributed by atoms with E-state index < -0.39 is 0 Å². The highest BCUT2D eigenvalue weighted by molar-refractivity contribution is 6.29. The van der Waals surface area contributed by atoms with E-state index in [4.69, 9.17) is 4.84 Å². The first kappa shape index (κ1) is 8.24. The summed E-state index contributed by atoms with van der Waals surface area (Å²) >= 11 is 0. The van der Waals surface area contributed by atoms with Crippen LogP contribution in [0.3, 0.4) is 0 Å². The number of hydrogen-bond donors (Lipinski definition) is 0. The van der Waals surface area contributed by atoms with Gasteiger partial charge in [-0.05, 0) is 5.92 Å². The van der Waals surface area contributed by atoms with Crippen molar-refractivity contribution in [1.29, 1.82) is 0 Å². The molecule has 2 atom stereocenters. The Morgan fingerprint density at radius 3 is 2.55 bits per heavy atom. The summed E-state index contributed by atoms with van der Waals surface area (Å²) < 4.78 is 0. The smallest absolute Gasteiger partial charge is 0.168 e. The summed E-state index contributed by atoms with van der Waals surface area (Å²) in [6.07, 6.45) is 0.850. The highest BCUT2D eigenvalue weighted by atomic mass is 16.6. The zero-order valence-corrected chi connectivity index (χ0v) is 7.07. The van der Waals surface area contributed by atoms with Crippen LogP contribution in [-0.4, -0.2) is 18.1 Å². The summed E-state index contributed by atoms with van der Waals surface area (Å²) in [5, 5.41) is 3.69. The van der Waals surface area contributed by atoms with Gasteiger partial charge >= 0.3 is 0 Å². The minimum atomic E-state index is 0.0789. The Balaban J connectivity index is 2.63. The molecule has 3 heteroatoms. The van der Waals surface area contributed by atoms with Crippen LogP contribution in [0.15, 0.2) is 5.16 Å². The van der Waals surface area contributed by atoms with Crippen LogP contribution in [0.2, 0.25) is 0 Å². The maximum absolute atomic E-state index is 10.4. The maximum Gasteiger partial charge on any atom is 0.168 e. The van der Waals surface area contributed by atoms with Gasteiger partial charge in [-0.2, -0.15) is 0 Å². The van der Waals surface area contributed by atoms with Gasteiger partial charge in [0, 0.05) is 5.92 Å². The molecule has 0 radical (unpaired) electrons. The summed E-state index contributed by atoms with van der Waals surface area (Å²) in [6, 6.07) is 0. The lowest BCUT2D eigenvalue weighted by molar-refractivity contribution is -0.102. The molecule has 1 aliphatic heterocycles. The standard InChI is InChI=1S/C8H13NO2/c1-5(2)8-6(3)7(4-10)9-11-8/h4-6,8H,1-3H3/t6-,8+/m0/s1. The molecule has 0 unspecified atom stereocenters. The van der Waals surface area contributed by atoms with Gasteiger partial charge in [-0.25, -0.2) is 0 Å². The van der Waals surface area contributed by atoms with E-state index in [0.29, 0.717) is 11.6 Å². The van der Waals surface area contributed by atoms with Crippen LogP contribution >= 0.6 is 0 Å². The first-order valence-electron chi connectivity index (χ1n) is 3.85. The molecule has 0 spiro atoms. The minimum Gasteiger partial charge on any atom is -0.391 e. The monoisotopic (exact) mass is 155 g/mol. The summed E-state index contributed by atoms with van der Waals surface area (Å²) in [5.74, 6) is 0.554. The fourth-order valence-electron chi connectivity index (χ4n) is 1.29. The summed E-state index contributed by atoms with van der Waals surface area (Å²) in [7, 11) is 0. The van der Waals surface area contributed by atoms with Crippen molar-refractivity contribution in [3.63, 3.8) is 0 Å². The van der Waals surface area contributed by atoms with E-state index in [1.54, 1.807) is 0 Å². The first-order chi connectivity index (χ1) is 5.16. The predicted octanol–water partition coefficient (Wildman–Crippen LogP) is 1.23. The first-order valence-corrected chi connectivity index (χ1v) is 3.85. The van der Waals surface area contributed by atoms with Crippen molar-refractivity contribution in [2.45, 2.75) is 26.9 Å². The Morgan fingerprint density at radius 2 is 2.27 bits per heavy atom. The average Bonchev–Trinajstić information content (AvgIpc) is 2.30. The molecule has 0 amide bonds. The Morgan fingerprint density at radius 1 is 1.64 bits per heavy atom. The molecule has 0 aliphatic carbocycles. The van der Waals surface area contributed by atoms with E-state index in [1.165, 1.54) is 0 Å². The topological polar surface area (TPSA) is 38.7 Å². The summed E-state index contributed by atoms with van der Waals surface area (Å²) in [6.45, 7) is 6.08. The van der Waals surface area contributed by atoms with E-state index >= 15 is 0 Å². The second-order valence-electron chi connectivity index (χ2n) is 3.24. The van der Waals surface area contributed by atoms with Gasteiger partial charge in [0.1, 0.15) is 11.8 Å². The lowest BCUT2D eigenvalue weighted by atomic mass is 9.92. The molecule has 0 aromatic heterocycles. The van der Waals surface area contributed by atoms with E-state index in [0.717, 1.165) is 6.29 Å². The molecule has 3 nitrogen and oxygen atoms in total. The van der Waals surface area contributed by atoms with Crippen LogP contribution in [0.5, 0.6) is 0 Å². The van der Waals surface area contributed by atoms with Gasteiger partial charge in [0.15, 0.2) is 6.29 Å².